The van der Waals surface area contributed by atoms with Gasteiger partial charge in [0.05, 0.1) is 4.92 Å². The van der Waals surface area contributed by atoms with E-state index in [1.165, 1.54) is 18.2 Å². The lowest BCUT2D eigenvalue weighted by Crippen LogP contribution is -2.37. The molecule has 9 heteroatoms. The molecular weight excluding hydrogens is 482 g/mol. The topological polar surface area (TPSA) is 79.6 Å². The predicted octanol–water partition coefficient (Wildman–Crippen LogP) is 4.20. The molecule has 27 heavy (non-hydrogen) atoms. The number of nitrogens with zero attached hydrogens (tertiary/aromatic N) is 2. The van der Waals surface area contributed by atoms with E-state index < -0.39 is 4.92 Å². The quantitative estimate of drug-likeness (QED) is 0.107. The molecule has 0 radical (unpaired) electrons. The minimum atomic E-state index is -0.407. The molecular formula is C18H22FIN4O2S. The van der Waals surface area contributed by atoms with Gasteiger partial charge in [0.25, 0.3) is 5.69 Å². The third-order valence-electron chi connectivity index (χ3n) is 3.50. The average Bonchev–Trinajstić information content (AvgIpc) is 2.65. The van der Waals surface area contributed by atoms with Gasteiger partial charge in [0.1, 0.15) is 5.82 Å². The summed E-state index contributed by atoms with van der Waals surface area (Å²) in [4.78, 5) is 15.6. The summed E-state index contributed by atoms with van der Waals surface area (Å²) in [6.45, 7) is 1.19. The maximum atomic E-state index is 12.8. The van der Waals surface area contributed by atoms with E-state index in [0.717, 1.165) is 29.2 Å². The Morgan fingerprint density at radius 2 is 1.96 bits per heavy atom. The number of thioether (sulfide) groups is 1. The highest BCUT2D eigenvalue weighted by Crippen LogP contribution is 2.18. The summed E-state index contributed by atoms with van der Waals surface area (Å²) in [7, 11) is 1.68. The highest BCUT2D eigenvalue weighted by Gasteiger charge is 2.06. The molecule has 0 aliphatic rings. The number of nitro groups is 1. The number of hydrogen-bond acceptors (Lipinski definition) is 4. The van der Waals surface area contributed by atoms with Crippen LogP contribution in [0.2, 0.25) is 0 Å². The summed E-state index contributed by atoms with van der Waals surface area (Å²) in [6, 6.07) is 13.0. The van der Waals surface area contributed by atoms with Crippen molar-refractivity contribution in [1.82, 2.24) is 10.6 Å². The molecule has 6 nitrogen and oxygen atoms in total. The van der Waals surface area contributed by atoms with Crippen molar-refractivity contribution < 1.29 is 9.31 Å². The van der Waals surface area contributed by atoms with Gasteiger partial charge in [0.2, 0.25) is 0 Å². The zero-order valence-electron chi connectivity index (χ0n) is 14.9. The van der Waals surface area contributed by atoms with E-state index in [4.69, 9.17) is 0 Å². The van der Waals surface area contributed by atoms with Crippen molar-refractivity contribution in [1.29, 1.82) is 0 Å². The largest absolute Gasteiger partial charge is 0.356 e. The van der Waals surface area contributed by atoms with E-state index in [-0.39, 0.29) is 35.5 Å². The Kier molecular flexibility index (Phi) is 10.7. The fourth-order valence-corrected chi connectivity index (χ4v) is 3.04. The molecule has 0 atom stereocenters. The Balaban J connectivity index is 0.00000364. The van der Waals surface area contributed by atoms with Gasteiger partial charge in [-0.25, -0.2) is 4.39 Å². The number of nitro benzene ring substituents is 1. The van der Waals surface area contributed by atoms with Gasteiger partial charge < -0.3 is 10.6 Å². The first-order valence-corrected chi connectivity index (χ1v) is 9.13. The average molecular weight is 504 g/mol. The standard InChI is InChI=1S/C18H21FN4O2S.HI/c1-20-18(22-13-14-4-2-5-16(12-14)23(24)25)21-10-3-11-26-17-8-6-15(19)7-9-17;/h2,4-9,12H,3,10-11,13H2,1H3,(H2,20,21,22);1H. The zero-order chi connectivity index (χ0) is 18.8. The lowest BCUT2D eigenvalue weighted by Gasteiger charge is -2.12. The highest BCUT2D eigenvalue weighted by molar-refractivity contribution is 14.0. The molecule has 0 spiro atoms. The lowest BCUT2D eigenvalue weighted by atomic mass is 10.2. The third-order valence-corrected chi connectivity index (χ3v) is 4.60. The molecule has 0 amide bonds. The van der Waals surface area contributed by atoms with Gasteiger partial charge in [0, 0.05) is 37.2 Å². The van der Waals surface area contributed by atoms with Crippen LogP contribution in [0.4, 0.5) is 10.1 Å². The Labute approximate surface area is 179 Å². The molecule has 2 rings (SSSR count). The molecule has 0 fully saturated rings. The van der Waals surface area contributed by atoms with Crippen LogP contribution < -0.4 is 10.6 Å². The number of benzene rings is 2. The van der Waals surface area contributed by atoms with E-state index in [1.807, 2.05) is 6.07 Å². The number of non-ortho nitro benzene ring substituents is 1. The number of guanidine groups is 1. The first kappa shape index (κ1) is 23.2. The fraction of sp³-hybridized carbons (Fsp3) is 0.278. The van der Waals surface area contributed by atoms with Crippen molar-refractivity contribution in [3.63, 3.8) is 0 Å². The number of halogens is 2. The molecule has 0 unspecified atom stereocenters. The first-order chi connectivity index (χ1) is 12.6. The zero-order valence-corrected chi connectivity index (χ0v) is 18.0. The van der Waals surface area contributed by atoms with Gasteiger partial charge in [-0.3, -0.25) is 15.1 Å². The predicted molar refractivity (Wildman–Crippen MR) is 118 cm³/mol. The molecule has 0 saturated heterocycles. The Hall–Kier alpha value is -1.88. The van der Waals surface area contributed by atoms with Crippen LogP contribution in [-0.4, -0.2) is 30.2 Å². The molecule has 0 saturated carbocycles. The lowest BCUT2D eigenvalue weighted by molar-refractivity contribution is -0.384. The van der Waals surface area contributed by atoms with Gasteiger partial charge in [-0.2, -0.15) is 0 Å². The minimum Gasteiger partial charge on any atom is -0.356 e. The monoisotopic (exact) mass is 504 g/mol. The van der Waals surface area contributed by atoms with Crippen LogP contribution >= 0.6 is 35.7 Å². The second-order valence-electron chi connectivity index (χ2n) is 5.44. The summed E-state index contributed by atoms with van der Waals surface area (Å²) in [6.07, 6.45) is 0.916. The van der Waals surface area contributed by atoms with Gasteiger partial charge in [-0.1, -0.05) is 12.1 Å². The smallest absolute Gasteiger partial charge is 0.269 e. The number of hydrogen-bond donors (Lipinski definition) is 2. The van der Waals surface area contributed by atoms with Gasteiger partial charge >= 0.3 is 0 Å². The summed E-state index contributed by atoms with van der Waals surface area (Å²) in [5.41, 5.74) is 0.888. The number of aliphatic imine (C=N–C) groups is 1. The summed E-state index contributed by atoms with van der Waals surface area (Å²) >= 11 is 1.67. The molecule has 2 aromatic rings. The maximum Gasteiger partial charge on any atom is 0.269 e. The SMILES string of the molecule is CN=C(NCCCSc1ccc(F)cc1)NCc1cccc([N+](=O)[O-])c1.I. The molecule has 2 aromatic carbocycles. The van der Waals surface area contributed by atoms with Crippen molar-refractivity contribution >= 4 is 47.4 Å². The van der Waals surface area contributed by atoms with Crippen LogP contribution in [0.3, 0.4) is 0 Å². The van der Waals surface area contributed by atoms with E-state index in [0.29, 0.717) is 12.5 Å². The molecule has 146 valence electrons. The molecule has 2 N–H and O–H groups in total. The van der Waals surface area contributed by atoms with Crippen molar-refractivity contribution in [2.45, 2.75) is 17.9 Å². The number of nitrogens with one attached hydrogen (secondary N) is 2. The van der Waals surface area contributed by atoms with E-state index in [2.05, 4.69) is 15.6 Å². The summed E-state index contributed by atoms with van der Waals surface area (Å²) < 4.78 is 12.8. The molecule has 0 heterocycles. The van der Waals surface area contributed by atoms with Crippen LogP contribution in [0.1, 0.15) is 12.0 Å². The minimum absolute atomic E-state index is 0. The van der Waals surface area contributed by atoms with Crippen LogP contribution in [0, 0.1) is 15.9 Å². The van der Waals surface area contributed by atoms with Crippen LogP contribution in [0.15, 0.2) is 58.4 Å². The second kappa shape index (κ2) is 12.5. The van der Waals surface area contributed by atoms with E-state index in [1.54, 1.807) is 43.1 Å². The van der Waals surface area contributed by atoms with E-state index >= 15 is 0 Å². The van der Waals surface area contributed by atoms with Crippen LogP contribution in [0.5, 0.6) is 0 Å². The Morgan fingerprint density at radius 1 is 1.22 bits per heavy atom. The first-order valence-electron chi connectivity index (χ1n) is 8.14. The second-order valence-corrected chi connectivity index (χ2v) is 6.60. The van der Waals surface area contributed by atoms with Gasteiger partial charge in [-0.15, -0.1) is 35.7 Å². The van der Waals surface area contributed by atoms with Crippen molar-refractivity contribution in [3.8, 4) is 0 Å². The molecule has 0 bridgehead atoms. The Bertz CT molecular complexity index is 759. The number of rotatable bonds is 8. The molecule has 0 aromatic heterocycles. The van der Waals surface area contributed by atoms with Gasteiger partial charge in [0.15, 0.2) is 5.96 Å². The summed E-state index contributed by atoms with van der Waals surface area (Å²) in [5.74, 6) is 1.32. The van der Waals surface area contributed by atoms with Crippen LogP contribution in [0.25, 0.3) is 0 Å². The van der Waals surface area contributed by atoms with Gasteiger partial charge in [-0.05, 0) is 42.0 Å². The maximum absolute atomic E-state index is 12.8. The van der Waals surface area contributed by atoms with Crippen molar-refractivity contribution in [2.24, 2.45) is 4.99 Å². The summed E-state index contributed by atoms with van der Waals surface area (Å²) in [5, 5.41) is 17.1. The van der Waals surface area contributed by atoms with E-state index in [9.17, 15) is 14.5 Å². The highest BCUT2D eigenvalue weighted by atomic mass is 127. The van der Waals surface area contributed by atoms with Crippen LogP contribution in [-0.2, 0) is 6.54 Å². The van der Waals surface area contributed by atoms with Crippen molar-refractivity contribution in [2.75, 3.05) is 19.3 Å². The molecule has 0 aliphatic heterocycles. The fourth-order valence-electron chi connectivity index (χ4n) is 2.19. The third kappa shape index (κ3) is 8.57. The van der Waals surface area contributed by atoms with Crippen molar-refractivity contribution in [3.05, 3.63) is 70.0 Å². The Morgan fingerprint density at radius 3 is 2.63 bits per heavy atom. The molecule has 0 aliphatic carbocycles. The normalized spacial score (nSPS) is 10.8.